The van der Waals surface area contributed by atoms with Crippen molar-refractivity contribution in [2.45, 2.75) is 69.6 Å². The molecule has 1 saturated heterocycles. The third kappa shape index (κ3) is 8.14. The molecule has 2 aromatic carbocycles. The van der Waals surface area contributed by atoms with Crippen LogP contribution in [0.3, 0.4) is 0 Å². The number of aliphatic hydroxyl groups excluding tert-OH is 1. The van der Waals surface area contributed by atoms with Gasteiger partial charge in [0.05, 0.1) is 44.7 Å². The predicted octanol–water partition coefficient (Wildman–Crippen LogP) is 4.27. The van der Waals surface area contributed by atoms with Gasteiger partial charge < -0.3 is 33.5 Å². The van der Waals surface area contributed by atoms with E-state index in [0.29, 0.717) is 26.1 Å². The van der Waals surface area contributed by atoms with Gasteiger partial charge in [0.1, 0.15) is 24.8 Å². The number of rotatable bonds is 15. The van der Waals surface area contributed by atoms with E-state index in [1.807, 2.05) is 60.7 Å². The van der Waals surface area contributed by atoms with Gasteiger partial charge in [-0.1, -0.05) is 48.5 Å². The first-order valence-electron chi connectivity index (χ1n) is 12.0. The second-order valence-electron chi connectivity index (χ2n) is 8.71. The van der Waals surface area contributed by atoms with Crippen LogP contribution in [-0.4, -0.2) is 62.7 Å². The minimum absolute atomic E-state index is 0.0782. The zero-order chi connectivity index (χ0) is 25.0. The maximum Gasteiger partial charge on any atom is 0.146 e. The van der Waals surface area contributed by atoms with Crippen LogP contribution >= 0.6 is 0 Å². The number of hydrogen-bond acceptors (Lipinski definition) is 7. The van der Waals surface area contributed by atoms with Crippen LogP contribution in [0.5, 0.6) is 5.75 Å². The van der Waals surface area contributed by atoms with E-state index in [1.165, 1.54) is 0 Å². The molecule has 3 rings (SSSR count). The van der Waals surface area contributed by atoms with E-state index < -0.39 is 18.3 Å². The number of ether oxygens (including phenoxy) is 6. The van der Waals surface area contributed by atoms with Gasteiger partial charge in [0.15, 0.2) is 0 Å². The zero-order valence-corrected chi connectivity index (χ0v) is 20.9. The second kappa shape index (κ2) is 14.3. The molecule has 1 heterocycles. The van der Waals surface area contributed by atoms with Crippen molar-refractivity contribution in [2.24, 2.45) is 0 Å². The third-order valence-corrected chi connectivity index (χ3v) is 6.10. The summed E-state index contributed by atoms with van der Waals surface area (Å²) < 4.78 is 35.5. The minimum atomic E-state index is -0.635. The first-order chi connectivity index (χ1) is 17.0. The van der Waals surface area contributed by atoms with Crippen LogP contribution < -0.4 is 4.74 Å². The molecule has 6 atom stereocenters. The van der Waals surface area contributed by atoms with Crippen molar-refractivity contribution in [1.29, 1.82) is 0 Å². The quantitative estimate of drug-likeness (QED) is 0.298. The average Bonchev–Trinajstić information content (AvgIpc) is 3.31. The summed E-state index contributed by atoms with van der Waals surface area (Å²) in [4.78, 5) is 0. The summed E-state index contributed by atoms with van der Waals surface area (Å²) in [6, 6.07) is 17.7. The molecule has 1 aliphatic heterocycles. The van der Waals surface area contributed by atoms with E-state index in [9.17, 15) is 5.11 Å². The highest BCUT2D eigenvalue weighted by molar-refractivity contribution is 5.26. The smallest absolute Gasteiger partial charge is 0.146 e. The molecule has 7 heteroatoms. The Morgan fingerprint density at radius 1 is 1.03 bits per heavy atom. The topological polar surface area (TPSA) is 75.6 Å². The Hall–Kier alpha value is -2.26. The molecular formula is C28H38O7. The molecule has 0 amide bonds. The maximum absolute atomic E-state index is 10.3. The highest BCUT2D eigenvalue weighted by atomic mass is 16.7. The van der Waals surface area contributed by atoms with E-state index in [0.717, 1.165) is 16.9 Å². The Balaban J connectivity index is 1.76. The van der Waals surface area contributed by atoms with Crippen molar-refractivity contribution < 1.29 is 33.5 Å². The number of hydrogen-bond donors (Lipinski definition) is 1. The minimum Gasteiger partial charge on any atom is -0.497 e. The fourth-order valence-corrected chi connectivity index (χ4v) is 4.19. The van der Waals surface area contributed by atoms with Gasteiger partial charge >= 0.3 is 0 Å². The molecular weight excluding hydrogens is 448 g/mol. The first kappa shape index (κ1) is 27.3. The molecule has 0 saturated carbocycles. The lowest BCUT2D eigenvalue weighted by atomic mass is 9.98. The van der Waals surface area contributed by atoms with Gasteiger partial charge in [0.25, 0.3) is 0 Å². The van der Waals surface area contributed by atoms with Gasteiger partial charge in [-0.2, -0.15) is 0 Å². The highest BCUT2D eigenvalue weighted by Crippen LogP contribution is 2.32. The molecule has 0 bridgehead atoms. The third-order valence-electron chi connectivity index (χ3n) is 6.10. The largest absolute Gasteiger partial charge is 0.497 e. The Bertz CT molecular complexity index is 855. The normalized spacial score (nSPS) is 22.5. The standard InChI is InChI=1S/C28H38O7/c1-5-9-24(32-18-22-12-14-23(31-4)15-13-22)27(34-19-30-3)28-26(16-25(35-28)20(2)29)33-17-21-10-7-6-8-11-21/h5-8,10-15,20,24-29H,1,9,16-19H2,2-4H3/t20-,24+,25+,26-,27+,28+/m0/s1. The highest BCUT2D eigenvalue weighted by Gasteiger charge is 2.46. The van der Waals surface area contributed by atoms with Crippen molar-refractivity contribution in [3.63, 3.8) is 0 Å². The van der Waals surface area contributed by atoms with Gasteiger partial charge in [-0.05, 0) is 36.6 Å². The number of aliphatic hydroxyl groups is 1. The van der Waals surface area contributed by atoms with Crippen molar-refractivity contribution in [3.8, 4) is 5.75 Å². The Morgan fingerprint density at radius 3 is 2.37 bits per heavy atom. The molecule has 1 N–H and O–H groups in total. The maximum atomic E-state index is 10.3. The Labute approximate surface area is 208 Å². The van der Waals surface area contributed by atoms with Crippen molar-refractivity contribution in [3.05, 3.63) is 78.4 Å². The van der Waals surface area contributed by atoms with Crippen LogP contribution in [-0.2, 0) is 36.9 Å². The summed E-state index contributed by atoms with van der Waals surface area (Å²) >= 11 is 0. The molecule has 1 fully saturated rings. The summed E-state index contributed by atoms with van der Waals surface area (Å²) in [7, 11) is 3.22. The monoisotopic (exact) mass is 486 g/mol. The van der Waals surface area contributed by atoms with Gasteiger partial charge in [-0.3, -0.25) is 0 Å². The fourth-order valence-electron chi connectivity index (χ4n) is 4.19. The summed E-state index contributed by atoms with van der Waals surface area (Å²) in [6.07, 6.45) is 0.340. The van der Waals surface area contributed by atoms with Crippen molar-refractivity contribution in [1.82, 2.24) is 0 Å². The number of methoxy groups -OCH3 is 2. The van der Waals surface area contributed by atoms with Gasteiger partial charge in [0.2, 0.25) is 0 Å². The van der Waals surface area contributed by atoms with Gasteiger partial charge in [-0.15, -0.1) is 6.58 Å². The zero-order valence-electron chi connectivity index (χ0n) is 20.9. The van der Waals surface area contributed by atoms with Crippen LogP contribution in [0.1, 0.15) is 30.9 Å². The molecule has 0 aromatic heterocycles. The molecule has 7 nitrogen and oxygen atoms in total. The SMILES string of the molecule is C=CC[C@@H](OCc1ccc(OC)cc1)[C@@H](OCOC)[C@@H]1O[C@@H]([C@H](C)O)C[C@@H]1OCc1ccccc1. The van der Waals surface area contributed by atoms with E-state index in [-0.39, 0.29) is 25.1 Å². The van der Waals surface area contributed by atoms with E-state index in [4.69, 9.17) is 28.4 Å². The molecule has 192 valence electrons. The first-order valence-corrected chi connectivity index (χ1v) is 12.0. The van der Waals surface area contributed by atoms with Gasteiger partial charge in [0, 0.05) is 13.5 Å². The molecule has 1 aliphatic rings. The van der Waals surface area contributed by atoms with Crippen LogP contribution in [0.2, 0.25) is 0 Å². The summed E-state index contributed by atoms with van der Waals surface area (Å²) in [5, 5.41) is 10.3. The molecule has 35 heavy (non-hydrogen) atoms. The fraction of sp³-hybridized carbons (Fsp3) is 0.500. The summed E-state index contributed by atoms with van der Waals surface area (Å²) in [5.74, 6) is 0.791. The van der Waals surface area contributed by atoms with Crippen LogP contribution in [0.25, 0.3) is 0 Å². The van der Waals surface area contributed by atoms with Crippen molar-refractivity contribution in [2.75, 3.05) is 21.0 Å². The number of benzene rings is 2. The average molecular weight is 487 g/mol. The lowest BCUT2D eigenvalue weighted by Crippen LogP contribution is -2.47. The lowest BCUT2D eigenvalue weighted by molar-refractivity contribution is -0.194. The van der Waals surface area contributed by atoms with Crippen LogP contribution in [0, 0.1) is 0 Å². The van der Waals surface area contributed by atoms with E-state index >= 15 is 0 Å². The van der Waals surface area contributed by atoms with Crippen LogP contribution in [0.4, 0.5) is 0 Å². The predicted molar refractivity (Wildman–Crippen MR) is 133 cm³/mol. The summed E-state index contributed by atoms with van der Waals surface area (Å²) in [5.41, 5.74) is 2.08. The van der Waals surface area contributed by atoms with Crippen LogP contribution in [0.15, 0.2) is 67.3 Å². The molecule has 0 radical (unpaired) electrons. The van der Waals surface area contributed by atoms with E-state index in [2.05, 4.69) is 6.58 Å². The summed E-state index contributed by atoms with van der Waals surface area (Å²) in [6.45, 7) is 6.54. The second-order valence-corrected chi connectivity index (χ2v) is 8.71. The molecule has 0 aliphatic carbocycles. The molecule has 0 spiro atoms. The molecule has 2 aromatic rings. The lowest BCUT2D eigenvalue weighted by Gasteiger charge is -2.33. The Kier molecular flexibility index (Phi) is 11.2. The van der Waals surface area contributed by atoms with E-state index in [1.54, 1.807) is 21.1 Å². The molecule has 0 unspecified atom stereocenters. The van der Waals surface area contributed by atoms with Gasteiger partial charge in [-0.25, -0.2) is 0 Å². The Morgan fingerprint density at radius 2 is 1.74 bits per heavy atom. The van der Waals surface area contributed by atoms with Crippen molar-refractivity contribution >= 4 is 0 Å².